The van der Waals surface area contributed by atoms with Gasteiger partial charge in [-0.15, -0.1) is 0 Å². The minimum absolute atomic E-state index is 0.259. The zero-order valence-electron chi connectivity index (χ0n) is 32.1. The average Bonchev–Trinajstić information content (AvgIpc) is 3.13. The summed E-state index contributed by atoms with van der Waals surface area (Å²) in [5.74, 6) is -0.707. The molecule has 0 aliphatic carbocycles. The third kappa shape index (κ3) is 22.0. The van der Waals surface area contributed by atoms with Crippen LogP contribution in [-0.2, 0) is 14.3 Å². The summed E-state index contributed by atoms with van der Waals surface area (Å²) in [4.78, 5) is 13.0. The molecule has 11 heteroatoms. The number of nitrogens with one attached hydrogen (secondary N) is 1. The molecule has 1 aliphatic heterocycles. The lowest BCUT2D eigenvalue weighted by atomic mass is 9.98. The minimum atomic E-state index is -1.66. The van der Waals surface area contributed by atoms with E-state index >= 15 is 0 Å². The van der Waals surface area contributed by atoms with E-state index < -0.39 is 74.2 Å². The van der Waals surface area contributed by atoms with Crippen molar-refractivity contribution >= 4 is 5.91 Å². The van der Waals surface area contributed by atoms with E-state index in [0.717, 1.165) is 51.4 Å². The number of rotatable bonds is 33. The van der Waals surface area contributed by atoms with Crippen LogP contribution in [0, 0.1) is 0 Å². The van der Waals surface area contributed by atoms with Gasteiger partial charge in [-0.1, -0.05) is 148 Å². The Labute approximate surface area is 309 Å². The number of ether oxygens (including phenoxy) is 2. The van der Waals surface area contributed by atoms with Crippen LogP contribution in [0.2, 0.25) is 0 Å². The summed E-state index contributed by atoms with van der Waals surface area (Å²) in [6.45, 7) is 3.33. The van der Waals surface area contributed by atoms with Gasteiger partial charge in [0.05, 0.1) is 25.4 Å². The number of carbonyl (C=O) groups excluding carboxylic acids is 1. The molecule has 0 aromatic rings. The Hall–Kier alpha value is -1.15. The Morgan fingerprint density at radius 1 is 0.667 bits per heavy atom. The molecular formula is C40H77NO10. The van der Waals surface area contributed by atoms with Gasteiger partial charge in [-0.3, -0.25) is 4.79 Å². The van der Waals surface area contributed by atoms with E-state index in [4.69, 9.17) is 9.47 Å². The molecule has 1 heterocycles. The van der Waals surface area contributed by atoms with E-state index in [2.05, 4.69) is 31.3 Å². The molecule has 0 unspecified atom stereocenters. The van der Waals surface area contributed by atoms with Gasteiger partial charge in [-0.2, -0.15) is 0 Å². The number of unbranched alkanes of at least 4 members (excludes halogenated alkanes) is 19. The Morgan fingerprint density at radius 2 is 1.16 bits per heavy atom. The third-order valence-corrected chi connectivity index (χ3v) is 10.1. The summed E-state index contributed by atoms with van der Waals surface area (Å²) in [6.07, 6.45) is 18.6. The van der Waals surface area contributed by atoms with Crippen LogP contribution in [-0.4, -0.2) is 110 Å². The van der Waals surface area contributed by atoms with E-state index in [-0.39, 0.29) is 12.8 Å². The largest absolute Gasteiger partial charge is 0.394 e. The van der Waals surface area contributed by atoms with Crippen molar-refractivity contribution in [1.82, 2.24) is 5.32 Å². The zero-order chi connectivity index (χ0) is 37.7. The van der Waals surface area contributed by atoms with Crippen LogP contribution in [0.15, 0.2) is 12.2 Å². The van der Waals surface area contributed by atoms with Crippen molar-refractivity contribution in [3.05, 3.63) is 12.2 Å². The van der Waals surface area contributed by atoms with Crippen molar-refractivity contribution in [3.63, 3.8) is 0 Å². The molecule has 0 aromatic carbocycles. The molecule has 302 valence electrons. The first kappa shape index (κ1) is 47.9. The summed E-state index contributed by atoms with van der Waals surface area (Å²) in [5.41, 5.74) is 0. The lowest BCUT2D eigenvalue weighted by Crippen LogP contribution is -2.60. The average molecular weight is 732 g/mol. The number of hydrogen-bond acceptors (Lipinski definition) is 10. The van der Waals surface area contributed by atoms with E-state index in [1.807, 2.05) is 0 Å². The maximum atomic E-state index is 13.0. The maximum absolute atomic E-state index is 13.0. The predicted octanol–water partition coefficient (Wildman–Crippen LogP) is 5.33. The fourth-order valence-corrected chi connectivity index (χ4v) is 6.54. The van der Waals surface area contributed by atoms with Crippen LogP contribution < -0.4 is 5.32 Å². The molecule has 1 fully saturated rings. The van der Waals surface area contributed by atoms with Gasteiger partial charge in [0.1, 0.15) is 36.6 Å². The highest BCUT2D eigenvalue weighted by Crippen LogP contribution is 2.23. The van der Waals surface area contributed by atoms with Crippen molar-refractivity contribution in [1.29, 1.82) is 0 Å². The molecule has 0 aromatic heterocycles. The van der Waals surface area contributed by atoms with Crippen molar-refractivity contribution in [2.24, 2.45) is 0 Å². The number of carbonyl (C=O) groups is 1. The van der Waals surface area contributed by atoms with E-state index in [0.29, 0.717) is 12.8 Å². The number of aliphatic hydroxyl groups is 7. The van der Waals surface area contributed by atoms with Crippen LogP contribution >= 0.6 is 0 Å². The molecule has 11 nitrogen and oxygen atoms in total. The van der Waals surface area contributed by atoms with Crippen LogP contribution in [0.25, 0.3) is 0 Å². The monoisotopic (exact) mass is 732 g/mol. The second kappa shape index (κ2) is 31.2. The van der Waals surface area contributed by atoms with Crippen LogP contribution in [0.5, 0.6) is 0 Å². The third-order valence-electron chi connectivity index (χ3n) is 10.1. The van der Waals surface area contributed by atoms with Gasteiger partial charge in [0.15, 0.2) is 6.29 Å². The highest BCUT2D eigenvalue weighted by atomic mass is 16.7. The fraction of sp³-hybridized carbons (Fsp3) is 0.925. The molecule has 0 radical (unpaired) electrons. The standard InChI is InChI=1S/C40H77NO10/c1-3-5-7-9-11-13-14-15-16-17-18-19-20-22-24-26-28-33(44)39(49)41-31(30-50-40-38(48)37(47)36(46)34(29-42)51-40)35(45)32(43)27-25-23-21-12-10-8-6-4-2/h10,12,31-38,40,42-48H,3-9,11,13-30H2,1-2H3,(H,41,49)/t31-,32+,33+,34+,35-,36+,37-,38+,40+/m0/s1. The van der Waals surface area contributed by atoms with Crippen LogP contribution in [0.3, 0.4) is 0 Å². The van der Waals surface area contributed by atoms with Gasteiger partial charge >= 0.3 is 0 Å². The smallest absolute Gasteiger partial charge is 0.249 e. The first-order valence-corrected chi connectivity index (χ1v) is 20.6. The summed E-state index contributed by atoms with van der Waals surface area (Å²) >= 11 is 0. The minimum Gasteiger partial charge on any atom is -0.394 e. The van der Waals surface area contributed by atoms with Gasteiger partial charge in [0.2, 0.25) is 5.91 Å². The highest BCUT2D eigenvalue weighted by molar-refractivity contribution is 5.80. The van der Waals surface area contributed by atoms with E-state index in [1.54, 1.807) is 0 Å². The summed E-state index contributed by atoms with van der Waals surface area (Å²) < 4.78 is 11.0. The molecule has 0 saturated carbocycles. The topological polar surface area (TPSA) is 189 Å². The van der Waals surface area contributed by atoms with Gasteiger partial charge in [0.25, 0.3) is 0 Å². The number of aliphatic hydroxyl groups excluding tert-OH is 7. The number of allylic oxidation sites excluding steroid dienone is 2. The van der Waals surface area contributed by atoms with Crippen LogP contribution in [0.1, 0.15) is 168 Å². The van der Waals surface area contributed by atoms with Gasteiger partial charge in [-0.25, -0.2) is 0 Å². The van der Waals surface area contributed by atoms with E-state index in [9.17, 15) is 40.5 Å². The van der Waals surface area contributed by atoms with Gasteiger partial charge in [0, 0.05) is 0 Å². The Bertz CT molecular complexity index is 846. The van der Waals surface area contributed by atoms with E-state index in [1.165, 1.54) is 77.0 Å². The molecular weight excluding hydrogens is 654 g/mol. The molecule has 0 bridgehead atoms. The zero-order valence-corrected chi connectivity index (χ0v) is 32.1. The first-order valence-electron chi connectivity index (χ1n) is 20.6. The van der Waals surface area contributed by atoms with Crippen molar-refractivity contribution in [2.45, 2.75) is 223 Å². The van der Waals surface area contributed by atoms with Crippen LogP contribution in [0.4, 0.5) is 0 Å². The second-order valence-corrected chi connectivity index (χ2v) is 14.7. The molecule has 1 amide bonds. The quantitative estimate of drug-likeness (QED) is 0.0324. The molecule has 1 saturated heterocycles. The SMILES string of the molecule is CCCCC=CCCCC[C@@H](O)[C@@H](O)[C@H](CO[C@@H]1O[C@H](CO)[C@@H](O)[C@H](O)[C@H]1O)NC(=O)[C@H](O)CCCCCCCCCCCCCCCCCC. The molecule has 0 spiro atoms. The molecule has 8 N–H and O–H groups in total. The normalized spacial score (nSPS) is 23.4. The predicted molar refractivity (Wildman–Crippen MR) is 201 cm³/mol. The van der Waals surface area contributed by atoms with Gasteiger partial charge in [-0.05, 0) is 32.1 Å². The lowest BCUT2D eigenvalue weighted by molar-refractivity contribution is -0.303. The molecule has 51 heavy (non-hydrogen) atoms. The summed E-state index contributed by atoms with van der Waals surface area (Å²) in [5, 5.41) is 75.1. The Kier molecular flexibility index (Phi) is 29.3. The molecule has 1 aliphatic rings. The highest BCUT2D eigenvalue weighted by Gasteiger charge is 2.44. The number of hydrogen-bond donors (Lipinski definition) is 8. The second-order valence-electron chi connectivity index (χ2n) is 14.7. The van der Waals surface area contributed by atoms with Crippen molar-refractivity contribution in [3.8, 4) is 0 Å². The Morgan fingerprint density at radius 3 is 1.69 bits per heavy atom. The summed E-state index contributed by atoms with van der Waals surface area (Å²) in [6, 6.07) is -1.17. The first-order chi connectivity index (χ1) is 24.7. The van der Waals surface area contributed by atoms with Crippen molar-refractivity contribution in [2.75, 3.05) is 13.2 Å². The lowest BCUT2D eigenvalue weighted by Gasteiger charge is -2.40. The number of amides is 1. The summed E-state index contributed by atoms with van der Waals surface area (Å²) in [7, 11) is 0. The maximum Gasteiger partial charge on any atom is 0.249 e. The molecule has 9 atom stereocenters. The Balaban J connectivity index is 2.48. The molecule has 1 rings (SSSR count). The van der Waals surface area contributed by atoms with Gasteiger partial charge < -0.3 is 50.5 Å². The fourth-order valence-electron chi connectivity index (χ4n) is 6.54. The van der Waals surface area contributed by atoms with Crippen molar-refractivity contribution < 1.29 is 50.0 Å².